The van der Waals surface area contributed by atoms with Gasteiger partial charge < -0.3 is 20.9 Å². The van der Waals surface area contributed by atoms with Crippen molar-refractivity contribution in [1.29, 1.82) is 0 Å². The summed E-state index contributed by atoms with van der Waals surface area (Å²) in [7, 11) is 0. The zero-order valence-corrected chi connectivity index (χ0v) is 15.2. The smallest absolute Gasteiger partial charge is 0.255 e. The fourth-order valence-corrected chi connectivity index (χ4v) is 3.70. The first-order valence-corrected chi connectivity index (χ1v) is 9.25. The summed E-state index contributed by atoms with van der Waals surface area (Å²) >= 11 is 6.11. The van der Waals surface area contributed by atoms with Crippen LogP contribution in [0.4, 0.5) is 0 Å². The second kappa shape index (κ2) is 8.05. The molecule has 2 heterocycles. The third-order valence-electron chi connectivity index (χ3n) is 4.92. The topological polar surface area (TPSA) is 95.7 Å². The summed E-state index contributed by atoms with van der Waals surface area (Å²) in [6, 6.07) is 5.70. The maximum Gasteiger partial charge on any atom is 0.255 e. The van der Waals surface area contributed by atoms with Gasteiger partial charge in [0.25, 0.3) is 5.91 Å². The standard InChI is InChI=1S/C18H23ClN4O3/c19-13-6-2-1-5-12(13)17(25)22-9-10-23-15(11-22)16(24)21-14(18(23)26)7-3-4-8-20/h1-2,5-6,14-15H,3-4,7-11,20H2,(H,21,24)/t14-,15+/m0/s1. The first-order valence-electron chi connectivity index (χ1n) is 8.87. The number of unbranched alkanes of at least 4 members (excludes halogenated alkanes) is 1. The number of nitrogens with zero attached hydrogens (tertiary/aromatic N) is 2. The molecule has 2 aliphatic heterocycles. The second-order valence-electron chi connectivity index (χ2n) is 6.62. The van der Waals surface area contributed by atoms with Gasteiger partial charge in [0.1, 0.15) is 12.1 Å². The Hall–Kier alpha value is -2.12. The molecule has 0 unspecified atom stereocenters. The van der Waals surface area contributed by atoms with Gasteiger partial charge >= 0.3 is 0 Å². The molecule has 3 amide bonds. The number of amides is 3. The van der Waals surface area contributed by atoms with Gasteiger partial charge in [-0.3, -0.25) is 14.4 Å². The van der Waals surface area contributed by atoms with E-state index in [1.54, 1.807) is 34.1 Å². The summed E-state index contributed by atoms with van der Waals surface area (Å²) in [6.45, 7) is 1.48. The first-order chi connectivity index (χ1) is 12.5. The van der Waals surface area contributed by atoms with E-state index < -0.39 is 12.1 Å². The first kappa shape index (κ1) is 18.7. The minimum absolute atomic E-state index is 0.0727. The Morgan fingerprint density at radius 3 is 2.73 bits per heavy atom. The van der Waals surface area contributed by atoms with Crippen LogP contribution in [0.2, 0.25) is 5.02 Å². The van der Waals surface area contributed by atoms with Crippen LogP contribution < -0.4 is 11.1 Å². The summed E-state index contributed by atoms with van der Waals surface area (Å²) in [4.78, 5) is 41.1. The molecular weight excluding hydrogens is 356 g/mol. The molecule has 2 saturated heterocycles. The number of carbonyl (C=O) groups excluding carboxylic acids is 3. The lowest BCUT2D eigenvalue weighted by atomic mass is 10.00. The lowest BCUT2D eigenvalue weighted by Crippen LogP contribution is -2.69. The predicted molar refractivity (Wildman–Crippen MR) is 97.7 cm³/mol. The highest BCUT2D eigenvalue weighted by Crippen LogP contribution is 2.22. The highest BCUT2D eigenvalue weighted by atomic mass is 35.5. The van der Waals surface area contributed by atoms with Gasteiger partial charge in [-0.2, -0.15) is 0 Å². The van der Waals surface area contributed by atoms with Crippen molar-refractivity contribution in [2.45, 2.75) is 31.3 Å². The molecule has 0 saturated carbocycles. The Labute approximate surface area is 157 Å². The van der Waals surface area contributed by atoms with E-state index in [1.807, 2.05) is 0 Å². The van der Waals surface area contributed by atoms with Crippen molar-refractivity contribution < 1.29 is 14.4 Å². The maximum absolute atomic E-state index is 12.7. The van der Waals surface area contributed by atoms with Gasteiger partial charge in [0.05, 0.1) is 17.1 Å². The van der Waals surface area contributed by atoms with E-state index in [0.717, 1.165) is 12.8 Å². The molecule has 1 aromatic carbocycles. The second-order valence-corrected chi connectivity index (χ2v) is 7.03. The Balaban J connectivity index is 1.68. The van der Waals surface area contributed by atoms with Crippen molar-refractivity contribution in [3.05, 3.63) is 34.9 Å². The molecule has 2 aliphatic rings. The third kappa shape index (κ3) is 3.68. The SMILES string of the molecule is NCCCC[C@@H]1NC(=O)[C@H]2CN(C(=O)c3ccccc3Cl)CCN2C1=O. The van der Waals surface area contributed by atoms with E-state index in [4.69, 9.17) is 17.3 Å². The number of halogens is 1. The Morgan fingerprint density at radius 2 is 2.00 bits per heavy atom. The lowest BCUT2D eigenvalue weighted by Gasteiger charge is -2.45. The number of hydrogen-bond acceptors (Lipinski definition) is 4. The molecule has 1 aromatic rings. The number of fused-ring (bicyclic) bond motifs is 1. The van der Waals surface area contributed by atoms with Crippen molar-refractivity contribution in [2.24, 2.45) is 5.73 Å². The van der Waals surface area contributed by atoms with E-state index in [0.29, 0.717) is 36.6 Å². The molecule has 0 aliphatic carbocycles. The molecule has 26 heavy (non-hydrogen) atoms. The number of rotatable bonds is 5. The zero-order chi connectivity index (χ0) is 18.7. The molecule has 2 atom stereocenters. The molecule has 0 aromatic heterocycles. The number of piperazine rings is 2. The molecule has 3 N–H and O–H groups in total. The predicted octanol–water partition coefficient (Wildman–Crippen LogP) is 0.620. The molecule has 3 rings (SSSR count). The van der Waals surface area contributed by atoms with Crippen LogP contribution in [0.15, 0.2) is 24.3 Å². The minimum Gasteiger partial charge on any atom is -0.342 e. The minimum atomic E-state index is -0.645. The number of carbonyl (C=O) groups is 3. The Bertz CT molecular complexity index is 711. The van der Waals surface area contributed by atoms with Crippen LogP contribution in [0.3, 0.4) is 0 Å². The van der Waals surface area contributed by atoms with Gasteiger partial charge in [0, 0.05) is 13.1 Å². The summed E-state index contributed by atoms with van der Waals surface area (Å²) in [5.41, 5.74) is 5.89. The van der Waals surface area contributed by atoms with Crippen LogP contribution in [-0.4, -0.2) is 65.8 Å². The number of benzene rings is 1. The average molecular weight is 379 g/mol. The molecule has 0 radical (unpaired) electrons. The van der Waals surface area contributed by atoms with Crippen molar-refractivity contribution in [1.82, 2.24) is 15.1 Å². The van der Waals surface area contributed by atoms with Gasteiger partial charge in [0.15, 0.2) is 0 Å². The fourth-order valence-electron chi connectivity index (χ4n) is 3.48. The van der Waals surface area contributed by atoms with E-state index in [9.17, 15) is 14.4 Å². The van der Waals surface area contributed by atoms with Crippen LogP contribution in [0.1, 0.15) is 29.6 Å². The zero-order valence-electron chi connectivity index (χ0n) is 14.5. The summed E-state index contributed by atoms with van der Waals surface area (Å²) in [5, 5.41) is 3.18. The maximum atomic E-state index is 12.7. The van der Waals surface area contributed by atoms with Crippen LogP contribution in [0, 0.1) is 0 Å². The highest BCUT2D eigenvalue weighted by molar-refractivity contribution is 6.33. The number of hydrogen-bond donors (Lipinski definition) is 2. The van der Waals surface area contributed by atoms with Gasteiger partial charge in [-0.1, -0.05) is 23.7 Å². The normalized spacial score (nSPS) is 22.8. The average Bonchev–Trinajstić information content (AvgIpc) is 2.65. The highest BCUT2D eigenvalue weighted by Gasteiger charge is 2.44. The summed E-state index contributed by atoms with van der Waals surface area (Å²) in [5.74, 6) is -0.504. The van der Waals surface area contributed by atoms with Crippen molar-refractivity contribution >= 4 is 29.3 Å². The van der Waals surface area contributed by atoms with E-state index in [-0.39, 0.29) is 24.3 Å². The molecule has 140 valence electrons. The molecule has 7 nitrogen and oxygen atoms in total. The van der Waals surface area contributed by atoms with Crippen molar-refractivity contribution in [3.8, 4) is 0 Å². The van der Waals surface area contributed by atoms with Crippen LogP contribution >= 0.6 is 11.6 Å². The van der Waals surface area contributed by atoms with Crippen LogP contribution in [-0.2, 0) is 9.59 Å². The molecular formula is C18H23ClN4O3. The van der Waals surface area contributed by atoms with Crippen LogP contribution in [0.5, 0.6) is 0 Å². The van der Waals surface area contributed by atoms with Gasteiger partial charge in [-0.15, -0.1) is 0 Å². The third-order valence-corrected chi connectivity index (χ3v) is 5.25. The van der Waals surface area contributed by atoms with Gasteiger partial charge in [0.2, 0.25) is 11.8 Å². The monoisotopic (exact) mass is 378 g/mol. The molecule has 0 bridgehead atoms. The summed E-state index contributed by atoms with van der Waals surface area (Å²) in [6.07, 6.45) is 2.21. The molecule has 2 fully saturated rings. The van der Waals surface area contributed by atoms with Crippen molar-refractivity contribution in [2.75, 3.05) is 26.2 Å². The molecule has 8 heteroatoms. The van der Waals surface area contributed by atoms with E-state index >= 15 is 0 Å². The quantitative estimate of drug-likeness (QED) is 0.734. The van der Waals surface area contributed by atoms with Crippen molar-refractivity contribution in [3.63, 3.8) is 0 Å². The van der Waals surface area contributed by atoms with Crippen LogP contribution in [0.25, 0.3) is 0 Å². The lowest BCUT2D eigenvalue weighted by molar-refractivity contribution is -0.152. The van der Waals surface area contributed by atoms with E-state index in [1.165, 1.54) is 0 Å². The number of nitrogens with two attached hydrogens (primary N) is 1. The number of nitrogens with one attached hydrogen (secondary N) is 1. The van der Waals surface area contributed by atoms with E-state index in [2.05, 4.69) is 5.32 Å². The molecule has 0 spiro atoms. The fraction of sp³-hybridized carbons (Fsp3) is 0.500. The largest absolute Gasteiger partial charge is 0.342 e. The van der Waals surface area contributed by atoms with Gasteiger partial charge in [-0.05, 0) is 37.9 Å². The summed E-state index contributed by atoms with van der Waals surface area (Å²) < 4.78 is 0. The Morgan fingerprint density at radius 1 is 1.23 bits per heavy atom. The Kier molecular flexibility index (Phi) is 5.78. The van der Waals surface area contributed by atoms with Gasteiger partial charge in [-0.25, -0.2) is 0 Å².